The van der Waals surface area contributed by atoms with E-state index < -0.39 is 49.1 Å². The standard InChI is InChI=1S/C15H19NO7/c1-8(18)16-11-13(12(19)10(7-17)22-15(11)21)23-14(20)9-5-3-2-4-6-9/h2-6,10-13,15,17,19,21H,7H2,1H3,(H,16,18)/t10-,11+,12+,13+,15-/m0/s1. The van der Waals surface area contributed by atoms with Crippen molar-refractivity contribution in [1.82, 2.24) is 5.32 Å². The molecule has 1 aromatic rings. The lowest BCUT2D eigenvalue weighted by Crippen LogP contribution is -2.65. The molecule has 1 saturated heterocycles. The predicted octanol–water partition coefficient (Wildman–Crippen LogP) is -1.21. The molecule has 0 saturated carbocycles. The van der Waals surface area contributed by atoms with Gasteiger partial charge in [-0.2, -0.15) is 0 Å². The smallest absolute Gasteiger partial charge is 0.338 e. The fourth-order valence-corrected chi connectivity index (χ4v) is 2.38. The van der Waals surface area contributed by atoms with Gasteiger partial charge in [0.1, 0.15) is 18.2 Å². The highest BCUT2D eigenvalue weighted by Crippen LogP contribution is 2.23. The molecule has 4 N–H and O–H groups in total. The van der Waals surface area contributed by atoms with Crippen LogP contribution in [0.4, 0.5) is 0 Å². The monoisotopic (exact) mass is 325 g/mol. The third-order valence-electron chi connectivity index (χ3n) is 3.50. The lowest BCUT2D eigenvalue weighted by molar-refractivity contribution is -0.253. The summed E-state index contributed by atoms with van der Waals surface area (Å²) in [6.45, 7) is 0.637. The van der Waals surface area contributed by atoms with Crippen molar-refractivity contribution < 1.29 is 34.4 Å². The number of amides is 1. The number of ether oxygens (including phenoxy) is 2. The van der Waals surface area contributed by atoms with Gasteiger partial charge in [-0.15, -0.1) is 0 Å². The molecule has 0 aliphatic carbocycles. The van der Waals surface area contributed by atoms with Crippen molar-refractivity contribution in [3.05, 3.63) is 35.9 Å². The Labute approximate surface area is 132 Å². The van der Waals surface area contributed by atoms with Crippen LogP contribution in [0.2, 0.25) is 0 Å². The zero-order chi connectivity index (χ0) is 17.0. The minimum Gasteiger partial charge on any atom is -0.453 e. The number of carbonyl (C=O) groups excluding carboxylic acids is 2. The largest absolute Gasteiger partial charge is 0.453 e. The predicted molar refractivity (Wildman–Crippen MR) is 77.2 cm³/mol. The van der Waals surface area contributed by atoms with Gasteiger partial charge in [-0.25, -0.2) is 4.79 Å². The van der Waals surface area contributed by atoms with Crippen molar-refractivity contribution in [3.8, 4) is 0 Å². The average Bonchev–Trinajstić information content (AvgIpc) is 2.54. The molecule has 23 heavy (non-hydrogen) atoms. The number of rotatable bonds is 4. The Morgan fingerprint density at radius 3 is 2.48 bits per heavy atom. The van der Waals surface area contributed by atoms with Crippen LogP contribution in [0.1, 0.15) is 17.3 Å². The van der Waals surface area contributed by atoms with Crippen LogP contribution in [-0.4, -0.2) is 64.4 Å². The first-order valence-corrected chi connectivity index (χ1v) is 7.09. The van der Waals surface area contributed by atoms with E-state index >= 15 is 0 Å². The molecule has 1 aromatic carbocycles. The lowest BCUT2D eigenvalue weighted by atomic mass is 9.96. The zero-order valence-corrected chi connectivity index (χ0v) is 12.5. The second-order valence-electron chi connectivity index (χ2n) is 5.20. The quantitative estimate of drug-likeness (QED) is 0.512. The minimum absolute atomic E-state index is 0.253. The van der Waals surface area contributed by atoms with Crippen LogP contribution in [0.25, 0.3) is 0 Å². The van der Waals surface area contributed by atoms with E-state index in [0.29, 0.717) is 0 Å². The van der Waals surface area contributed by atoms with Crippen molar-refractivity contribution in [3.63, 3.8) is 0 Å². The highest BCUT2D eigenvalue weighted by molar-refractivity contribution is 5.89. The van der Waals surface area contributed by atoms with Crippen LogP contribution in [-0.2, 0) is 14.3 Å². The molecule has 0 aromatic heterocycles. The van der Waals surface area contributed by atoms with Gasteiger partial charge in [0.15, 0.2) is 12.4 Å². The molecule has 5 atom stereocenters. The number of nitrogens with one attached hydrogen (secondary N) is 1. The van der Waals surface area contributed by atoms with Crippen LogP contribution < -0.4 is 5.32 Å². The Hall–Kier alpha value is -2.00. The van der Waals surface area contributed by atoms with Crippen LogP contribution >= 0.6 is 0 Å². The molecule has 8 nitrogen and oxygen atoms in total. The third kappa shape index (κ3) is 4.05. The van der Waals surface area contributed by atoms with Gasteiger partial charge in [0, 0.05) is 6.92 Å². The van der Waals surface area contributed by atoms with E-state index in [1.54, 1.807) is 18.2 Å². The third-order valence-corrected chi connectivity index (χ3v) is 3.50. The number of esters is 1. The van der Waals surface area contributed by atoms with E-state index in [9.17, 15) is 24.9 Å². The SMILES string of the molecule is CC(=O)N[C@@H]1[C@@H](OC(=O)c2ccccc2)[C@H](O)[C@H](CO)O[C@@H]1O. The number of hydrogen-bond donors (Lipinski definition) is 4. The Kier molecular flexibility index (Phi) is 5.67. The van der Waals surface area contributed by atoms with E-state index in [0.717, 1.165) is 0 Å². The van der Waals surface area contributed by atoms with Crippen molar-refractivity contribution >= 4 is 11.9 Å². The van der Waals surface area contributed by atoms with Crippen molar-refractivity contribution in [2.75, 3.05) is 6.61 Å². The van der Waals surface area contributed by atoms with E-state index in [4.69, 9.17) is 9.47 Å². The first kappa shape index (κ1) is 17.4. The summed E-state index contributed by atoms with van der Waals surface area (Å²) in [5, 5.41) is 31.7. The summed E-state index contributed by atoms with van der Waals surface area (Å²) in [5.74, 6) is -1.22. The van der Waals surface area contributed by atoms with Crippen LogP contribution in [0, 0.1) is 0 Å². The van der Waals surface area contributed by atoms with Gasteiger partial charge in [0.05, 0.1) is 12.2 Å². The molecule has 1 amide bonds. The van der Waals surface area contributed by atoms with Crippen LogP contribution in [0.15, 0.2) is 30.3 Å². The Balaban J connectivity index is 2.21. The number of hydrogen-bond acceptors (Lipinski definition) is 7. The maximum atomic E-state index is 12.2. The summed E-state index contributed by atoms with van der Waals surface area (Å²) in [6, 6.07) is 6.92. The van der Waals surface area contributed by atoms with E-state index in [1.165, 1.54) is 19.1 Å². The summed E-state index contributed by atoms with van der Waals surface area (Å²) in [6.07, 6.45) is -5.35. The summed E-state index contributed by atoms with van der Waals surface area (Å²) in [4.78, 5) is 23.4. The number of aliphatic hydroxyl groups excluding tert-OH is 3. The Morgan fingerprint density at radius 1 is 1.26 bits per heavy atom. The summed E-state index contributed by atoms with van der Waals surface area (Å²) in [5.41, 5.74) is 0.253. The highest BCUT2D eigenvalue weighted by Gasteiger charge is 2.47. The maximum absolute atomic E-state index is 12.2. The summed E-state index contributed by atoms with van der Waals surface area (Å²) >= 11 is 0. The number of carbonyl (C=O) groups is 2. The molecule has 8 heteroatoms. The first-order valence-electron chi connectivity index (χ1n) is 7.09. The molecule has 1 fully saturated rings. The first-order chi connectivity index (χ1) is 10.9. The van der Waals surface area contributed by atoms with Crippen molar-refractivity contribution in [2.45, 2.75) is 37.6 Å². The van der Waals surface area contributed by atoms with Crippen LogP contribution in [0.3, 0.4) is 0 Å². The molecule has 0 spiro atoms. The van der Waals surface area contributed by atoms with E-state index in [-0.39, 0.29) is 5.56 Å². The molecule has 126 valence electrons. The number of aliphatic hydroxyl groups is 3. The zero-order valence-electron chi connectivity index (χ0n) is 12.5. The molecular weight excluding hydrogens is 306 g/mol. The number of benzene rings is 1. The molecule has 1 heterocycles. The molecule has 1 aliphatic rings. The van der Waals surface area contributed by atoms with Gasteiger partial charge in [0.25, 0.3) is 0 Å². The summed E-state index contributed by atoms with van der Waals surface area (Å²) in [7, 11) is 0. The fourth-order valence-electron chi connectivity index (χ4n) is 2.38. The highest BCUT2D eigenvalue weighted by atomic mass is 16.6. The summed E-state index contributed by atoms with van der Waals surface area (Å²) < 4.78 is 10.3. The topological polar surface area (TPSA) is 125 Å². The van der Waals surface area contributed by atoms with Crippen molar-refractivity contribution in [2.24, 2.45) is 0 Å². The molecule has 2 rings (SSSR count). The Morgan fingerprint density at radius 2 is 1.91 bits per heavy atom. The molecule has 0 unspecified atom stereocenters. The van der Waals surface area contributed by atoms with Crippen LogP contribution in [0.5, 0.6) is 0 Å². The normalized spacial score (nSPS) is 30.5. The van der Waals surface area contributed by atoms with Gasteiger partial charge >= 0.3 is 5.97 Å². The fraction of sp³-hybridized carbons (Fsp3) is 0.467. The van der Waals surface area contributed by atoms with E-state index in [1.807, 2.05) is 0 Å². The molecule has 1 aliphatic heterocycles. The van der Waals surface area contributed by atoms with Gasteiger partial charge in [-0.1, -0.05) is 18.2 Å². The molecular formula is C15H19NO7. The van der Waals surface area contributed by atoms with Gasteiger partial charge in [0.2, 0.25) is 5.91 Å². The van der Waals surface area contributed by atoms with Gasteiger partial charge in [-0.3, -0.25) is 4.79 Å². The second-order valence-corrected chi connectivity index (χ2v) is 5.20. The van der Waals surface area contributed by atoms with E-state index in [2.05, 4.69) is 5.32 Å². The molecule has 0 bridgehead atoms. The minimum atomic E-state index is -1.53. The Bertz CT molecular complexity index is 550. The van der Waals surface area contributed by atoms with Gasteiger partial charge < -0.3 is 30.1 Å². The van der Waals surface area contributed by atoms with Gasteiger partial charge in [-0.05, 0) is 12.1 Å². The average molecular weight is 325 g/mol. The molecule has 0 radical (unpaired) electrons. The van der Waals surface area contributed by atoms with Crippen molar-refractivity contribution in [1.29, 1.82) is 0 Å². The lowest BCUT2D eigenvalue weighted by Gasteiger charge is -2.41. The second kappa shape index (κ2) is 7.51. The maximum Gasteiger partial charge on any atom is 0.338 e.